The maximum Gasteiger partial charge on any atom is 0.241 e. The van der Waals surface area contributed by atoms with E-state index < -0.39 is 6.04 Å². The van der Waals surface area contributed by atoms with Crippen LogP contribution in [0.3, 0.4) is 0 Å². The average molecular weight is 290 g/mol. The highest BCUT2D eigenvalue weighted by atomic mass is 16.5. The lowest BCUT2D eigenvalue weighted by molar-refractivity contribution is -0.117. The van der Waals surface area contributed by atoms with E-state index in [2.05, 4.69) is 20.8 Å². The average Bonchev–Trinajstić information content (AvgIpc) is 3.01. The number of benzene rings is 1. The van der Waals surface area contributed by atoms with Crippen LogP contribution in [0.15, 0.2) is 24.5 Å². The molecule has 112 valence electrons. The number of methoxy groups -OCH3 is 1. The molecule has 8 nitrogen and oxygen atoms in total. The highest BCUT2D eigenvalue weighted by Gasteiger charge is 2.14. The van der Waals surface area contributed by atoms with Gasteiger partial charge in [0.2, 0.25) is 5.91 Å². The Labute approximate surface area is 122 Å². The van der Waals surface area contributed by atoms with Crippen LogP contribution < -0.4 is 15.8 Å². The number of amides is 1. The molecule has 0 saturated carbocycles. The summed E-state index contributed by atoms with van der Waals surface area (Å²) in [4.78, 5) is 11.9. The zero-order chi connectivity index (χ0) is 15.2. The fraction of sp³-hybridized carbons (Fsp3) is 0.385. The Bertz CT molecular complexity index is 599. The van der Waals surface area contributed by atoms with E-state index in [4.69, 9.17) is 10.5 Å². The maximum absolute atomic E-state index is 11.9. The van der Waals surface area contributed by atoms with Crippen LogP contribution in [0, 0.1) is 0 Å². The van der Waals surface area contributed by atoms with Crippen LogP contribution in [0.2, 0.25) is 0 Å². The second-order valence-electron chi connectivity index (χ2n) is 4.53. The first-order valence-corrected chi connectivity index (χ1v) is 6.63. The topological polar surface area (TPSA) is 108 Å². The highest BCUT2D eigenvalue weighted by Crippen LogP contribution is 2.25. The van der Waals surface area contributed by atoms with Crippen molar-refractivity contribution < 1.29 is 9.53 Å². The third-order valence-corrected chi connectivity index (χ3v) is 2.98. The molecule has 1 atom stereocenters. The minimum atomic E-state index is -0.520. The molecule has 1 aromatic carbocycles. The Morgan fingerprint density at radius 1 is 1.52 bits per heavy atom. The van der Waals surface area contributed by atoms with E-state index in [9.17, 15) is 4.79 Å². The zero-order valence-corrected chi connectivity index (χ0v) is 12.0. The monoisotopic (exact) mass is 290 g/mol. The molecule has 3 N–H and O–H groups in total. The number of carbonyl (C=O) groups excluding carboxylic acids is 1. The first-order chi connectivity index (χ1) is 10.2. The predicted octanol–water partition coefficient (Wildman–Crippen LogP) is 0.737. The molecule has 1 amide bonds. The molecular formula is C13H18N6O2. The van der Waals surface area contributed by atoms with Crippen molar-refractivity contribution in [2.24, 2.45) is 5.73 Å². The van der Waals surface area contributed by atoms with Crippen molar-refractivity contribution in [3.8, 4) is 11.4 Å². The van der Waals surface area contributed by atoms with Gasteiger partial charge in [-0.3, -0.25) is 4.79 Å². The quantitative estimate of drug-likeness (QED) is 0.812. The number of nitrogens with one attached hydrogen (secondary N) is 1. The van der Waals surface area contributed by atoms with Gasteiger partial charge in [-0.25, -0.2) is 0 Å². The Hall–Kier alpha value is -2.48. The van der Waals surface area contributed by atoms with Crippen molar-refractivity contribution in [3.63, 3.8) is 0 Å². The van der Waals surface area contributed by atoms with Gasteiger partial charge in [-0.05, 0) is 35.0 Å². The molecule has 0 spiro atoms. The van der Waals surface area contributed by atoms with Crippen LogP contribution in [0.4, 0.5) is 5.69 Å². The molecule has 21 heavy (non-hydrogen) atoms. The lowest BCUT2D eigenvalue weighted by Gasteiger charge is -2.13. The van der Waals surface area contributed by atoms with Crippen molar-refractivity contribution in [2.45, 2.75) is 25.8 Å². The number of hydrogen-bond acceptors (Lipinski definition) is 6. The Morgan fingerprint density at radius 3 is 2.95 bits per heavy atom. The van der Waals surface area contributed by atoms with Gasteiger partial charge in [0, 0.05) is 5.69 Å². The molecule has 0 bridgehead atoms. The van der Waals surface area contributed by atoms with E-state index >= 15 is 0 Å². The number of ether oxygens (including phenoxy) is 1. The summed E-state index contributed by atoms with van der Waals surface area (Å²) in [6.07, 6.45) is 2.95. The molecular weight excluding hydrogens is 272 g/mol. The SMILES string of the molecule is CCCC(N)C(=O)Nc1ccc(OC)c(-n2cnnn2)c1. The third-order valence-electron chi connectivity index (χ3n) is 2.98. The van der Waals surface area contributed by atoms with E-state index in [1.165, 1.54) is 11.0 Å². The number of aromatic nitrogens is 4. The number of rotatable bonds is 6. The van der Waals surface area contributed by atoms with E-state index in [1.54, 1.807) is 25.3 Å². The number of anilines is 1. The second kappa shape index (κ2) is 6.80. The first kappa shape index (κ1) is 14.9. The molecule has 0 saturated heterocycles. The summed E-state index contributed by atoms with van der Waals surface area (Å²) in [5, 5.41) is 13.8. The summed E-state index contributed by atoms with van der Waals surface area (Å²) < 4.78 is 6.72. The van der Waals surface area contributed by atoms with Gasteiger partial charge < -0.3 is 15.8 Å². The van der Waals surface area contributed by atoms with E-state index in [0.29, 0.717) is 23.5 Å². The van der Waals surface area contributed by atoms with E-state index in [-0.39, 0.29) is 5.91 Å². The normalized spacial score (nSPS) is 12.0. The maximum atomic E-state index is 11.9. The van der Waals surface area contributed by atoms with Gasteiger partial charge in [-0.15, -0.1) is 5.10 Å². The summed E-state index contributed by atoms with van der Waals surface area (Å²) in [5.74, 6) is 0.378. The van der Waals surface area contributed by atoms with Crippen LogP contribution >= 0.6 is 0 Å². The smallest absolute Gasteiger partial charge is 0.241 e. The molecule has 2 rings (SSSR count). The van der Waals surface area contributed by atoms with Crippen molar-refractivity contribution in [1.29, 1.82) is 0 Å². The van der Waals surface area contributed by atoms with Gasteiger partial charge in [0.1, 0.15) is 17.8 Å². The van der Waals surface area contributed by atoms with Gasteiger partial charge in [-0.1, -0.05) is 13.3 Å². The molecule has 0 aliphatic rings. The molecule has 2 aromatic rings. The lowest BCUT2D eigenvalue weighted by atomic mass is 10.1. The summed E-state index contributed by atoms with van der Waals surface area (Å²) in [6.45, 7) is 1.98. The Balaban J connectivity index is 2.22. The zero-order valence-electron chi connectivity index (χ0n) is 12.0. The summed E-state index contributed by atoms with van der Waals surface area (Å²) in [6, 6.07) is 4.68. The highest BCUT2D eigenvalue weighted by molar-refractivity contribution is 5.95. The molecule has 0 fully saturated rings. The van der Waals surface area contributed by atoms with Crippen molar-refractivity contribution in [1.82, 2.24) is 20.2 Å². The van der Waals surface area contributed by atoms with Crippen LogP contribution in [0.5, 0.6) is 5.75 Å². The van der Waals surface area contributed by atoms with E-state index in [0.717, 1.165) is 6.42 Å². The fourth-order valence-electron chi connectivity index (χ4n) is 1.90. The second-order valence-corrected chi connectivity index (χ2v) is 4.53. The minimum absolute atomic E-state index is 0.218. The van der Waals surface area contributed by atoms with Crippen LogP contribution in [0.1, 0.15) is 19.8 Å². The van der Waals surface area contributed by atoms with Crippen LogP contribution in [-0.2, 0) is 4.79 Å². The molecule has 1 unspecified atom stereocenters. The van der Waals surface area contributed by atoms with Crippen molar-refractivity contribution >= 4 is 11.6 Å². The van der Waals surface area contributed by atoms with E-state index in [1.807, 2.05) is 6.92 Å². The van der Waals surface area contributed by atoms with Gasteiger partial charge in [-0.2, -0.15) is 4.68 Å². The van der Waals surface area contributed by atoms with Crippen molar-refractivity contribution in [3.05, 3.63) is 24.5 Å². The summed E-state index contributed by atoms with van der Waals surface area (Å²) >= 11 is 0. The molecule has 1 aromatic heterocycles. The molecule has 0 aliphatic heterocycles. The van der Waals surface area contributed by atoms with Gasteiger partial charge in [0.15, 0.2) is 0 Å². The number of carbonyl (C=O) groups is 1. The third kappa shape index (κ3) is 3.54. The fourth-order valence-corrected chi connectivity index (χ4v) is 1.90. The minimum Gasteiger partial charge on any atom is -0.494 e. The Kier molecular flexibility index (Phi) is 4.83. The summed E-state index contributed by atoms with van der Waals surface area (Å²) in [7, 11) is 1.55. The van der Waals surface area contributed by atoms with Gasteiger partial charge in [0.05, 0.1) is 13.2 Å². The number of nitrogens with two attached hydrogens (primary N) is 1. The molecule has 1 heterocycles. The van der Waals surface area contributed by atoms with Crippen LogP contribution in [-0.4, -0.2) is 39.3 Å². The van der Waals surface area contributed by atoms with Gasteiger partial charge in [0.25, 0.3) is 0 Å². The number of nitrogens with zero attached hydrogens (tertiary/aromatic N) is 4. The number of tetrazole rings is 1. The molecule has 0 aliphatic carbocycles. The molecule has 0 radical (unpaired) electrons. The lowest BCUT2D eigenvalue weighted by Crippen LogP contribution is -2.35. The molecule has 8 heteroatoms. The predicted molar refractivity (Wildman–Crippen MR) is 77.2 cm³/mol. The first-order valence-electron chi connectivity index (χ1n) is 6.63. The van der Waals surface area contributed by atoms with Gasteiger partial charge >= 0.3 is 0 Å². The Morgan fingerprint density at radius 2 is 2.33 bits per heavy atom. The van der Waals surface area contributed by atoms with Crippen molar-refractivity contribution in [2.75, 3.05) is 12.4 Å². The summed E-state index contributed by atoms with van der Waals surface area (Å²) in [5.41, 5.74) is 7.03. The number of hydrogen-bond donors (Lipinski definition) is 2. The standard InChI is InChI=1S/C13H18N6O2/c1-3-4-10(14)13(20)16-9-5-6-12(21-2)11(7-9)19-8-15-17-18-19/h5-8,10H,3-4,14H2,1-2H3,(H,16,20). The van der Waals surface area contributed by atoms with Crippen LogP contribution in [0.25, 0.3) is 5.69 Å². The largest absolute Gasteiger partial charge is 0.494 e.